The van der Waals surface area contributed by atoms with Crippen LogP contribution in [0.3, 0.4) is 0 Å². The molecule has 1 N–H and O–H groups in total. The van der Waals surface area contributed by atoms with Crippen LogP contribution in [0.2, 0.25) is 0 Å². The van der Waals surface area contributed by atoms with Gasteiger partial charge in [0.05, 0.1) is 27.2 Å². The first-order chi connectivity index (χ1) is 10.3. The molecular weight excluding hydrogens is 292 g/mol. The van der Waals surface area contributed by atoms with Crippen LogP contribution in [-0.4, -0.2) is 61.5 Å². The average molecular weight is 314 g/mol. The number of likely N-dealkylation sites (tertiary alicyclic amines) is 1. The molecule has 8 nitrogen and oxygen atoms in total. The summed E-state index contributed by atoms with van der Waals surface area (Å²) in [6.07, 6.45) is -0.650. The van der Waals surface area contributed by atoms with E-state index in [1.807, 2.05) is 0 Å². The summed E-state index contributed by atoms with van der Waals surface area (Å²) in [6.45, 7) is 3.48. The Hall–Kier alpha value is -2.12. The molecule has 0 aromatic rings. The van der Waals surface area contributed by atoms with Crippen molar-refractivity contribution in [2.24, 2.45) is 5.92 Å². The van der Waals surface area contributed by atoms with E-state index in [2.05, 4.69) is 14.8 Å². The van der Waals surface area contributed by atoms with Crippen LogP contribution in [0, 0.1) is 5.92 Å². The second-order valence-corrected chi connectivity index (χ2v) is 5.50. The highest BCUT2D eigenvalue weighted by Gasteiger charge is 2.39. The number of ketones is 1. The van der Waals surface area contributed by atoms with E-state index in [4.69, 9.17) is 0 Å². The SMILES string of the molecule is COC(=O)CC1CC(=O)CN1C(=O)C(NC(=O)OC)C(C)C. The van der Waals surface area contributed by atoms with Crippen LogP contribution in [0.25, 0.3) is 0 Å². The predicted octanol–water partition coefficient (Wildman–Crippen LogP) is 0.100. The quantitative estimate of drug-likeness (QED) is 0.722. The number of Topliss-reactive ketones (excluding diaryl/α,β-unsaturated/α-hetero) is 1. The van der Waals surface area contributed by atoms with Crippen molar-refractivity contribution in [3.63, 3.8) is 0 Å². The zero-order valence-corrected chi connectivity index (χ0v) is 13.3. The van der Waals surface area contributed by atoms with Gasteiger partial charge < -0.3 is 19.7 Å². The summed E-state index contributed by atoms with van der Waals surface area (Å²) >= 11 is 0. The molecule has 0 saturated carbocycles. The van der Waals surface area contributed by atoms with E-state index in [0.29, 0.717) is 0 Å². The number of carbonyl (C=O) groups is 4. The fourth-order valence-electron chi connectivity index (χ4n) is 2.35. The van der Waals surface area contributed by atoms with E-state index in [9.17, 15) is 19.2 Å². The van der Waals surface area contributed by atoms with Crippen LogP contribution in [0.5, 0.6) is 0 Å². The van der Waals surface area contributed by atoms with Crippen molar-refractivity contribution in [2.75, 3.05) is 20.8 Å². The highest BCUT2D eigenvalue weighted by Crippen LogP contribution is 2.21. The number of ether oxygens (including phenoxy) is 2. The molecule has 0 aromatic heterocycles. The van der Waals surface area contributed by atoms with Gasteiger partial charge in [0.1, 0.15) is 6.04 Å². The van der Waals surface area contributed by atoms with Gasteiger partial charge in [0.15, 0.2) is 5.78 Å². The lowest BCUT2D eigenvalue weighted by Crippen LogP contribution is -2.52. The van der Waals surface area contributed by atoms with Gasteiger partial charge in [-0.3, -0.25) is 14.4 Å². The Morgan fingerprint density at radius 2 is 1.91 bits per heavy atom. The first-order valence-electron chi connectivity index (χ1n) is 7.03. The van der Waals surface area contributed by atoms with Crippen molar-refractivity contribution >= 4 is 23.8 Å². The minimum Gasteiger partial charge on any atom is -0.469 e. The van der Waals surface area contributed by atoms with Gasteiger partial charge in [-0.1, -0.05) is 13.8 Å². The van der Waals surface area contributed by atoms with E-state index in [0.717, 1.165) is 0 Å². The molecule has 1 heterocycles. The van der Waals surface area contributed by atoms with Gasteiger partial charge in [-0.25, -0.2) is 4.79 Å². The van der Waals surface area contributed by atoms with E-state index in [1.165, 1.54) is 19.1 Å². The highest BCUT2D eigenvalue weighted by molar-refractivity contribution is 5.94. The van der Waals surface area contributed by atoms with Crippen LogP contribution < -0.4 is 5.32 Å². The Bertz CT molecular complexity index is 462. The van der Waals surface area contributed by atoms with Gasteiger partial charge in [0, 0.05) is 12.5 Å². The maximum Gasteiger partial charge on any atom is 0.407 e. The van der Waals surface area contributed by atoms with Gasteiger partial charge in [0.2, 0.25) is 5.91 Å². The summed E-state index contributed by atoms with van der Waals surface area (Å²) < 4.78 is 9.10. The fraction of sp³-hybridized carbons (Fsp3) is 0.714. The molecule has 1 fully saturated rings. The smallest absolute Gasteiger partial charge is 0.407 e. The summed E-state index contributed by atoms with van der Waals surface area (Å²) in [5, 5.41) is 2.47. The Kier molecular flexibility index (Phi) is 6.33. The first kappa shape index (κ1) is 17.9. The molecule has 0 bridgehead atoms. The summed E-state index contributed by atoms with van der Waals surface area (Å²) in [4.78, 5) is 48.4. The predicted molar refractivity (Wildman–Crippen MR) is 75.9 cm³/mol. The number of amides is 2. The van der Waals surface area contributed by atoms with E-state index in [-0.39, 0.29) is 31.1 Å². The van der Waals surface area contributed by atoms with E-state index >= 15 is 0 Å². The molecular formula is C14H22N2O6. The zero-order chi connectivity index (χ0) is 16.9. The van der Waals surface area contributed by atoms with Gasteiger partial charge in [0.25, 0.3) is 0 Å². The standard InChI is InChI=1S/C14H22N2O6/c1-8(2)12(15-14(20)22-4)13(19)16-7-10(17)5-9(16)6-11(18)21-3/h8-9,12H,5-7H2,1-4H3,(H,15,20). The molecule has 1 aliphatic heterocycles. The number of rotatable bonds is 5. The fourth-order valence-corrected chi connectivity index (χ4v) is 2.35. The molecule has 0 radical (unpaired) electrons. The molecule has 1 aliphatic rings. The molecule has 2 amide bonds. The van der Waals surface area contributed by atoms with Gasteiger partial charge in [-0.2, -0.15) is 0 Å². The van der Waals surface area contributed by atoms with Crippen LogP contribution in [-0.2, 0) is 23.9 Å². The van der Waals surface area contributed by atoms with Crippen LogP contribution in [0.1, 0.15) is 26.7 Å². The number of methoxy groups -OCH3 is 2. The maximum absolute atomic E-state index is 12.6. The number of carbonyl (C=O) groups excluding carboxylic acids is 4. The molecule has 1 rings (SSSR count). The van der Waals surface area contributed by atoms with Crippen molar-refractivity contribution < 1.29 is 28.7 Å². The van der Waals surface area contributed by atoms with E-state index in [1.54, 1.807) is 13.8 Å². The number of hydrogen-bond donors (Lipinski definition) is 1. The Morgan fingerprint density at radius 1 is 1.27 bits per heavy atom. The summed E-state index contributed by atoms with van der Waals surface area (Å²) in [6, 6.07) is -1.35. The normalized spacial score (nSPS) is 19.0. The monoisotopic (exact) mass is 314 g/mol. The van der Waals surface area contributed by atoms with Crippen molar-refractivity contribution in [2.45, 2.75) is 38.8 Å². The highest BCUT2D eigenvalue weighted by atomic mass is 16.5. The van der Waals surface area contributed by atoms with Gasteiger partial charge in [-0.15, -0.1) is 0 Å². The average Bonchev–Trinajstić information content (AvgIpc) is 2.83. The van der Waals surface area contributed by atoms with Crippen LogP contribution in [0.15, 0.2) is 0 Å². The van der Waals surface area contributed by atoms with Crippen LogP contribution in [0.4, 0.5) is 4.79 Å². The van der Waals surface area contributed by atoms with Crippen molar-refractivity contribution in [3.05, 3.63) is 0 Å². The van der Waals surface area contributed by atoms with Gasteiger partial charge in [-0.05, 0) is 5.92 Å². The molecule has 1 saturated heterocycles. The van der Waals surface area contributed by atoms with Crippen LogP contribution >= 0.6 is 0 Å². The van der Waals surface area contributed by atoms with E-state index < -0.39 is 30.1 Å². The summed E-state index contributed by atoms with van der Waals surface area (Å²) in [5.41, 5.74) is 0. The molecule has 2 unspecified atom stereocenters. The van der Waals surface area contributed by atoms with Gasteiger partial charge >= 0.3 is 12.1 Å². The largest absolute Gasteiger partial charge is 0.469 e. The molecule has 124 valence electrons. The maximum atomic E-state index is 12.6. The molecule has 22 heavy (non-hydrogen) atoms. The summed E-state index contributed by atoms with van der Waals surface area (Å²) in [5.74, 6) is -1.21. The second kappa shape index (κ2) is 7.77. The Balaban J connectivity index is 2.87. The first-order valence-corrected chi connectivity index (χ1v) is 7.03. The third kappa shape index (κ3) is 4.44. The molecule has 2 atom stereocenters. The Labute approximate surface area is 129 Å². The number of nitrogens with one attached hydrogen (secondary N) is 1. The minimum atomic E-state index is -0.821. The van der Waals surface area contributed by atoms with Crippen molar-refractivity contribution in [1.29, 1.82) is 0 Å². The zero-order valence-electron chi connectivity index (χ0n) is 13.3. The second-order valence-electron chi connectivity index (χ2n) is 5.50. The number of hydrogen-bond acceptors (Lipinski definition) is 6. The van der Waals surface area contributed by atoms with Crippen molar-refractivity contribution in [3.8, 4) is 0 Å². The third-order valence-corrected chi connectivity index (χ3v) is 3.56. The topological polar surface area (TPSA) is 102 Å². The molecule has 0 aliphatic carbocycles. The molecule has 0 aromatic carbocycles. The number of nitrogens with zero attached hydrogens (tertiary/aromatic N) is 1. The molecule has 0 spiro atoms. The molecule has 8 heteroatoms. The lowest BCUT2D eigenvalue weighted by molar-refractivity contribution is -0.143. The number of alkyl carbamates (subject to hydrolysis) is 1. The summed E-state index contributed by atoms with van der Waals surface area (Å²) in [7, 11) is 2.46. The van der Waals surface area contributed by atoms with Crippen molar-refractivity contribution in [1.82, 2.24) is 10.2 Å². The number of esters is 1. The Morgan fingerprint density at radius 3 is 2.41 bits per heavy atom. The lowest BCUT2D eigenvalue weighted by Gasteiger charge is -2.29. The lowest BCUT2D eigenvalue weighted by atomic mass is 10.0. The third-order valence-electron chi connectivity index (χ3n) is 3.56. The minimum absolute atomic E-state index is 0.0446.